The topological polar surface area (TPSA) is 158 Å². The van der Waals surface area contributed by atoms with Crippen LogP contribution >= 0.6 is 0 Å². The van der Waals surface area contributed by atoms with E-state index in [4.69, 9.17) is 33.7 Å². The monoisotopic (exact) mass is 741 g/mol. The number of nitrogens with zero attached hydrogens (tertiary/aromatic N) is 2. The van der Waals surface area contributed by atoms with Gasteiger partial charge in [0.05, 0.1) is 32.0 Å². The third kappa shape index (κ3) is 9.18. The van der Waals surface area contributed by atoms with Gasteiger partial charge in [-0.1, -0.05) is 37.1 Å². The van der Waals surface area contributed by atoms with Gasteiger partial charge in [0.15, 0.2) is 0 Å². The van der Waals surface area contributed by atoms with Gasteiger partial charge >= 0.3 is 12.2 Å². The molecule has 4 aliphatic rings. The van der Waals surface area contributed by atoms with E-state index < -0.39 is 36.2 Å². The van der Waals surface area contributed by atoms with Crippen LogP contribution in [0.4, 0.5) is 9.59 Å². The fourth-order valence-electron chi connectivity index (χ4n) is 8.65. The molecular formula is C40H59N3O10. The van der Waals surface area contributed by atoms with Crippen LogP contribution in [0.2, 0.25) is 0 Å². The predicted molar refractivity (Wildman–Crippen MR) is 199 cm³/mol. The number of unbranched alkanes of at least 4 members (excludes halogenated alkanes) is 2. The maximum absolute atomic E-state index is 13.7. The molecule has 1 aromatic carbocycles. The smallest absolute Gasteiger partial charge is 0.412 e. The highest BCUT2D eigenvalue weighted by molar-refractivity contribution is 6.03. The van der Waals surface area contributed by atoms with E-state index in [2.05, 4.69) is 18.0 Å². The highest BCUT2D eigenvalue weighted by Crippen LogP contribution is 2.62. The van der Waals surface area contributed by atoms with Crippen LogP contribution in [-0.4, -0.2) is 97.8 Å². The minimum atomic E-state index is -1.39. The molecule has 1 aromatic rings. The first-order valence-corrected chi connectivity index (χ1v) is 19.5. The number of allylic oxidation sites excluding steroid dienone is 1. The maximum Gasteiger partial charge on any atom is 0.412 e. The lowest BCUT2D eigenvalue weighted by Gasteiger charge is -2.59. The highest BCUT2D eigenvalue weighted by Gasteiger charge is 2.65. The van der Waals surface area contributed by atoms with E-state index in [9.17, 15) is 19.8 Å². The van der Waals surface area contributed by atoms with Crippen molar-refractivity contribution >= 4 is 17.9 Å². The zero-order valence-electron chi connectivity index (χ0n) is 31.6. The Labute approximate surface area is 313 Å². The molecule has 13 heteroatoms. The molecule has 294 valence electrons. The molecule has 2 aliphatic carbocycles. The van der Waals surface area contributed by atoms with Crippen molar-refractivity contribution in [1.29, 1.82) is 0 Å². The number of fused-ring (bicyclic) bond motifs is 2. The van der Waals surface area contributed by atoms with Crippen molar-refractivity contribution in [3.05, 3.63) is 48.1 Å². The van der Waals surface area contributed by atoms with Crippen LogP contribution in [0, 0.1) is 17.8 Å². The van der Waals surface area contributed by atoms with Gasteiger partial charge in [0.25, 0.3) is 0 Å². The minimum absolute atomic E-state index is 0.0309. The molecule has 0 spiro atoms. The largest absolute Gasteiger partial charge is 0.459 e. The van der Waals surface area contributed by atoms with Gasteiger partial charge in [0, 0.05) is 50.6 Å². The lowest BCUT2D eigenvalue weighted by Crippen LogP contribution is -2.70. The van der Waals surface area contributed by atoms with Crippen LogP contribution in [0.1, 0.15) is 96.0 Å². The number of methoxy groups -OCH3 is 1. The van der Waals surface area contributed by atoms with E-state index in [1.807, 2.05) is 26.0 Å². The lowest BCUT2D eigenvalue weighted by atomic mass is 9.55. The first-order chi connectivity index (χ1) is 25.8. The van der Waals surface area contributed by atoms with Crippen molar-refractivity contribution in [2.75, 3.05) is 46.6 Å². The number of aliphatic hydroxyl groups is 2. The molecule has 7 atom stereocenters. The standard InChI is InChI=1S/C40H59N3O10/c1-5-19-43(39(47)48-4)34-26-32(42-53-35-16-10-13-23-49-35)30-24-27(14-8-11-20-44)29(15-9-12-21-45)36-31-25-28(51-38(46)41-7-3)17-18-33(31)52-40(34,37(30)36)50-22-6-2/h6,17-18,24-25,27,29,34-37,44-45H,2,5,7-16,19-23,26H2,1,3-4H3,(H,41,46). The summed E-state index contributed by atoms with van der Waals surface area (Å²) in [5.74, 6) is -1.09. The van der Waals surface area contributed by atoms with Crippen LogP contribution in [0.3, 0.4) is 0 Å². The van der Waals surface area contributed by atoms with Crippen molar-refractivity contribution < 1.29 is 48.3 Å². The van der Waals surface area contributed by atoms with Gasteiger partial charge in [0.2, 0.25) is 12.1 Å². The van der Waals surface area contributed by atoms with Crippen LogP contribution in [0.15, 0.2) is 47.7 Å². The molecule has 1 saturated carbocycles. The summed E-state index contributed by atoms with van der Waals surface area (Å²) in [7, 11) is 1.37. The first-order valence-electron chi connectivity index (χ1n) is 19.5. The van der Waals surface area contributed by atoms with E-state index in [0.717, 1.165) is 56.1 Å². The fourth-order valence-corrected chi connectivity index (χ4v) is 8.65. The molecule has 1 saturated heterocycles. The predicted octanol–water partition coefficient (Wildman–Crippen LogP) is 6.43. The van der Waals surface area contributed by atoms with E-state index in [1.54, 1.807) is 17.0 Å². The van der Waals surface area contributed by atoms with Crippen molar-refractivity contribution in [1.82, 2.24) is 10.2 Å². The van der Waals surface area contributed by atoms with Crippen molar-refractivity contribution in [2.24, 2.45) is 22.9 Å². The first kappa shape index (κ1) is 40.5. The van der Waals surface area contributed by atoms with Gasteiger partial charge < -0.3 is 44.1 Å². The summed E-state index contributed by atoms with van der Waals surface area (Å²) < 4.78 is 31.1. The third-order valence-corrected chi connectivity index (χ3v) is 10.8. The highest BCUT2D eigenvalue weighted by atomic mass is 16.8. The molecule has 0 bridgehead atoms. The molecule has 2 fully saturated rings. The van der Waals surface area contributed by atoms with Gasteiger partial charge in [-0.05, 0) is 87.5 Å². The number of hydrogen-bond donors (Lipinski definition) is 3. The Kier molecular flexibility index (Phi) is 15.0. The Bertz CT molecular complexity index is 1450. The van der Waals surface area contributed by atoms with E-state index in [-0.39, 0.29) is 44.0 Å². The van der Waals surface area contributed by atoms with Gasteiger partial charge in [-0.25, -0.2) is 9.59 Å². The minimum Gasteiger partial charge on any atom is -0.459 e. The molecule has 3 N–H and O–H groups in total. The number of amides is 2. The number of carbonyl (C=O) groups is 2. The van der Waals surface area contributed by atoms with Crippen LogP contribution < -0.4 is 14.8 Å². The molecule has 13 nitrogen and oxygen atoms in total. The quantitative estimate of drug-likeness (QED) is 0.0870. The second-order valence-corrected chi connectivity index (χ2v) is 14.3. The van der Waals surface area contributed by atoms with Crippen LogP contribution in [-0.2, 0) is 19.0 Å². The summed E-state index contributed by atoms with van der Waals surface area (Å²) >= 11 is 0. The lowest BCUT2D eigenvalue weighted by molar-refractivity contribution is -0.255. The van der Waals surface area contributed by atoms with Crippen molar-refractivity contribution in [2.45, 2.75) is 109 Å². The molecule has 2 heterocycles. The zero-order valence-corrected chi connectivity index (χ0v) is 31.6. The third-order valence-electron chi connectivity index (χ3n) is 10.8. The molecule has 0 aromatic heterocycles. The number of carbonyl (C=O) groups excluding carboxylic acids is 2. The van der Waals surface area contributed by atoms with Crippen LogP contribution in [0.25, 0.3) is 0 Å². The van der Waals surface area contributed by atoms with Crippen LogP contribution in [0.5, 0.6) is 11.5 Å². The Morgan fingerprint density at radius 2 is 1.92 bits per heavy atom. The van der Waals surface area contributed by atoms with E-state index in [1.165, 1.54) is 7.11 Å². The average Bonchev–Trinajstić information content (AvgIpc) is 3.17. The van der Waals surface area contributed by atoms with Gasteiger partial charge in [-0.15, -0.1) is 6.58 Å². The molecule has 53 heavy (non-hydrogen) atoms. The normalized spacial score (nSPS) is 28.1. The number of ether oxygens (including phenoxy) is 5. The Hall–Kier alpha value is -3.65. The summed E-state index contributed by atoms with van der Waals surface area (Å²) in [6.07, 6.45) is 10.5. The second kappa shape index (κ2) is 19.6. The molecule has 2 amide bonds. The zero-order chi connectivity index (χ0) is 37.8. The second-order valence-electron chi connectivity index (χ2n) is 14.3. The Morgan fingerprint density at radius 1 is 1.13 bits per heavy atom. The fraction of sp³-hybridized carbons (Fsp3) is 0.675. The number of aliphatic hydroxyl groups excluding tert-OH is 2. The molecule has 7 unspecified atom stereocenters. The molecule has 0 radical (unpaired) electrons. The molecule has 5 rings (SSSR count). The summed E-state index contributed by atoms with van der Waals surface area (Å²) in [6.45, 7) is 9.53. The van der Waals surface area contributed by atoms with E-state index in [0.29, 0.717) is 56.2 Å². The molecule has 2 aliphatic heterocycles. The Morgan fingerprint density at radius 3 is 2.60 bits per heavy atom. The number of oxime groups is 1. The van der Waals surface area contributed by atoms with Crippen molar-refractivity contribution in [3.63, 3.8) is 0 Å². The maximum atomic E-state index is 13.7. The summed E-state index contributed by atoms with van der Waals surface area (Å²) in [4.78, 5) is 34.1. The van der Waals surface area contributed by atoms with Gasteiger partial charge in [-0.2, -0.15) is 0 Å². The van der Waals surface area contributed by atoms with Crippen molar-refractivity contribution in [3.8, 4) is 11.5 Å². The summed E-state index contributed by atoms with van der Waals surface area (Å²) in [6, 6.07) is 4.73. The van der Waals surface area contributed by atoms with E-state index >= 15 is 0 Å². The average molecular weight is 742 g/mol. The SMILES string of the molecule is C=CCOC12Oc3ccc(OC(=O)NCC)cc3C3C(CCCCO)C(CCCCO)C=C(C(=NOC4CCCCO4)CC1N(CCC)C(=O)OC)C32. The number of rotatable bonds is 18. The molecular weight excluding hydrogens is 682 g/mol. The summed E-state index contributed by atoms with van der Waals surface area (Å²) in [5.41, 5.74) is 2.46. The Balaban J connectivity index is 1.76. The van der Waals surface area contributed by atoms with Gasteiger partial charge in [-0.3, -0.25) is 4.90 Å². The number of hydrogen-bond acceptors (Lipinski definition) is 11. The van der Waals surface area contributed by atoms with Gasteiger partial charge in [0.1, 0.15) is 17.5 Å². The summed E-state index contributed by atoms with van der Waals surface area (Å²) in [5, 5.41) is 27.1. The number of nitrogens with one attached hydrogen (secondary N) is 1. The number of benzene rings is 1.